The fourth-order valence-corrected chi connectivity index (χ4v) is 3.21. The van der Waals surface area contributed by atoms with Crippen molar-refractivity contribution >= 4 is 20.3 Å². The summed E-state index contributed by atoms with van der Waals surface area (Å²) in [6.45, 7) is 12.3. The monoisotopic (exact) mass is 302 g/mol. The molecule has 0 aliphatic carbocycles. The lowest BCUT2D eigenvalue weighted by molar-refractivity contribution is -0.167. The molecule has 0 aromatic rings. The molecule has 1 saturated heterocycles. The van der Waals surface area contributed by atoms with Gasteiger partial charge < -0.3 is 13.9 Å². The standard InChI is InChI=1S/C14H26O5Si/c1-10(15)17-9-12-7-11(8-13(16)18-12)19-20(5,6)14(2,3)4/h11-12H,7-9H2,1-6H3/t11-,12-/m1/s1. The highest BCUT2D eigenvalue weighted by atomic mass is 28.4. The fourth-order valence-electron chi connectivity index (χ4n) is 1.84. The molecule has 1 aliphatic rings. The van der Waals surface area contributed by atoms with Gasteiger partial charge in [0, 0.05) is 13.3 Å². The summed E-state index contributed by atoms with van der Waals surface area (Å²) in [5.41, 5.74) is 0. The quantitative estimate of drug-likeness (QED) is 0.590. The van der Waals surface area contributed by atoms with E-state index in [-0.39, 0.29) is 36.1 Å². The molecule has 5 nitrogen and oxygen atoms in total. The van der Waals surface area contributed by atoms with Crippen LogP contribution >= 0.6 is 0 Å². The van der Waals surface area contributed by atoms with E-state index in [2.05, 4.69) is 33.9 Å². The highest BCUT2D eigenvalue weighted by molar-refractivity contribution is 6.74. The van der Waals surface area contributed by atoms with Gasteiger partial charge in [-0.2, -0.15) is 0 Å². The van der Waals surface area contributed by atoms with Gasteiger partial charge in [-0.1, -0.05) is 20.8 Å². The molecule has 0 aromatic heterocycles. The van der Waals surface area contributed by atoms with Gasteiger partial charge in [0.1, 0.15) is 12.7 Å². The maximum Gasteiger partial charge on any atom is 0.308 e. The third-order valence-electron chi connectivity index (χ3n) is 3.96. The van der Waals surface area contributed by atoms with Crippen LogP contribution in [0.25, 0.3) is 0 Å². The van der Waals surface area contributed by atoms with Crippen molar-refractivity contribution in [2.45, 2.75) is 70.9 Å². The zero-order valence-corrected chi connectivity index (χ0v) is 14.3. The molecular formula is C14H26O5Si. The molecule has 0 unspecified atom stereocenters. The summed E-state index contributed by atoms with van der Waals surface area (Å²) in [6, 6.07) is 0. The summed E-state index contributed by atoms with van der Waals surface area (Å²) in [5, 5.41) is 0.0970. The van der Waals surface area contributed by atoms with E-state index in [4.69, 9.17) is 13.9 Å². The average Bonchev–Trinajstić information content (AvgIpc) is 2.23. The first-order valence-corrected chi connectivity index (χ1v) is 9.93. The van der Waals surface area contributed by atoms with Crippen LogP contribution in [0.3, 0.4) is 0 Å². The molecule has 20 heavy (non-hydrogen) atoms. The van der Waals surface area contributed by atoms with Gasteiger partial charge in [0.2, 0.25) is 0 Å². The zero-order valence-electron chi connectivity index (χ0n) is 13.3. The molecular weight excluding hydrogens is 276 g/mol. The summed E-state index contributed by atoms with van der Waals surface area (Å²) >= 11 is 0. The molecule has 0 radical (unpaired) electrons. The largest absolute Gasteiger partial charge is 0.462 e. The lowest BCUT2D eigenvalue weighted by Gasteiger charge is -2.41. The van der Waals surface area contributed by atoms with Crippen molar-refractivity contribution in [3.05, 3.63) is 0 Å². The minimum atomic E-state index is -1.91. The summed E-state index contributed by atoms with van der Waals surface area (Å²) in [6.07, 6.45) is 0.335. The molecule has 0 N–H and O–H groups in total. The number of carbonyl (C=O) groups excluding carboxylic acids is 2. The zero-order chi connectivity index (χ0) is 15.6. The second-order valence-corrected chi connectivity index (χ2v) is 11.6. The second-order valence-electron chi connectivity index (χ2n) is 6.85. The summed E-state index contributed by atoms with van der Waals surface area (Å²) in [4.78, 5) is 22.5. The van der Waals surface area contributed by atoms with E-state index in [9.17, 15) is 9.59 Å². The van der Waals surface area contributed by atoms with Crippen molar-refractivity contribution in [3.63, 3.8) is 0 Å². The maximum absolute atomic E-state index is 11.6. The Labute approximate surface area is 122 Å². The van der Waals surface area contributed by atoms with Crippen LogP contribution in [0.1, 0.15) is 40.5 Å². The molecule has 1 aliphatic heterocycles. The first kappa shape index (κ1) is 17.2. The first-order valence-electron chi connectivity index (χ1n) is 7.02. The van der Waals surface area contributed by atoms with Gasteiger partial charge in [0.05, 0.1) is 12.5 Å². The fraction of sp³-hybridized carbons (Fsp3) is 0.857. The van der Waals surface area contributed by atoms with Gasteiger partial charge in [0.15, 0.2) is 8.32 Å². The third-order valence-corrected chi connectivity index (χ3v) is 8.49. The van der Waals surface area contributed by atoms with E-state index in [0.29, 0.717) is 6.42 Å². The van der Waals surface area contributed by atoms with Crippen molar-refractivity contribution in [2.75, 3.05) is 6.61 Å². The molecule has 1 heterocycles. The number of hydrogen-bond donors (Lipinski definition) is 0. The minimum absolute atomic E-state index is 0.0970. The van der Waals surface area contributed by atoms with Gasteiger partial charge in [-0.3, -0.25) is 9.59 Å². The van der Waals surface area contributed by atoms with Crippen LogP contribution in [0.4, 0.5) is 0 Å². The highest BCUT2D eigenvalue weighted by Gasteiger charge is 2.41. The Bertz CT molecular complexity index is 372. The number of carbonyl (C=O) groups is 2. The van der Waals surface area contributed by atoms with Crippen LogP contribution in [0.5, 0.6) is 0 Å². The van der Waals surface area contributed by atoms with Crippen molar-refractivity contribution in [1.82, 2.24) is 0 Å². The Hall–Kier alpha value is -0.883. The predicted molar refractivity (Wildman–Crippen MR) is 77.8 cm³/mol. The van der Waals surface area contributed by atoms with Crippen LogP contribution in [0.15, 0.2) is 0 Å². The topological polar surface area (TPSA) is 61.8 Å². The Morgan fingerprint density at radius 1 is 1.40 bits per heavy atom. The van der Waals surface area contributed by atoms with E-state index >= 15 is 0 Å². The summed E-state index contributed by atoms with van der Waals surface area (Å²) < 4.78 is 16.3. The van der Waals surface area contributed by atoms with Crippen molar-refractivity contribution in [3.8, 4) is 0 Å². The number of esters is 2. The SMILES string of the molecule is CC(=O)OC[C@H]1C[C@@H](O[Si](C)(C)C(C)(C)C)CC(=O)O1. The van der Waals surface area contributed by atoms with Gasteiger partial charge in [-0.25, -0.2) is 0 Å². The molecule has 0 bridgehead atoms. The Balaban J connectivity index is 2.62. The Morgan fingerprint density at radius 2 is 2.00 bits per heavy atom. The van der Waals surface area contributed by atoms with E-state index in [0.717, 1.165) is 0 Å². The van der Waals surface area contributed by atoms with Gasteiger partial charge in [-0.05, 0) is 18.1 Å². The second kappa shape index (κ2) is 6.26. The van der Waals surface area contributed by atoms with Gasteiger partial charge in [0.25, 0.3) is 0 Å². The molecule has 0 aromatic carbocycles. The van der Waals surface area contributed by atoms with Crippen LogP contribution < -0.4 is 0 Å². The molecule has 1 fully saturated rings. The van der Waals surface area contributed by atoms with Crippen LogP contribution in [0, 0.1) is 0 Å². The van der Waals surface area contributed by atoms with Crippen molar-refractivity contribution in [2.24, 2.45) is 0 Å². The van der Waals surface area contributed by atoms with E-state index in [1.54, 1.807) is 0 Å². The summed E-state index contributed by atoms with van der Waals surface area (Å²) in [5.74, 6) is -0.648. The van der Waals surface area contributed by atoms with Gasteiger partial charge >= 0.3 is 11.9 Å². The van der Waals surface area contributed by atoms with E-state index in [1.807, 2.05) is 0 Å². The van der Waals surface area contributed by atoms with Crippen LogP contribution in [-0.2, 0) is 23.5 Å². The smallest absolute Gasteiger partial charge is 0.308 e. The van der Waals surface area contributed by atoms with Gasteiger partial charge in [-0.15, -0.1) is 0 Å². The van der Waals surface area contributed by atoms with E-state index in [1.165, 1.54) is 6.92 Å². The lowest BCUT2D eigenvalue weighted by Crippen LogP contribution is -2.47. The Morgan fingerprint density at radius 3 is 2.50 bits per heavy atom. The van der Waals surface area contributed by atoms with Crippen molar-refractivity contribution < 1.29 is 23.5 Å². The molecule has 0 spiro atoms. The number of hydrogen-bond acceptors (Lipinski definition) is 5. The average molecular weight is 302 g/mol. The first-order chi connectivity index (χ1) is 9.01. The molecule has 2 atom stereocenters. The normalized spacial score (nSPS) is 24.2. The van der Waals surface area contributed by atoms with Crippen LogP contribution in [-0.4, -0.2) is 39.1 Å². The minimum Gasteiger partial charge on any atom is -0.462 e. The number of cyclic esters (lactones) is 1. The molecule has 1 rings (SSSR count). The third kappa shape index (κ3) is 4.90. The molecule has 116 valence electrons. The molecule has 0 amide bonds. The van der Waals surface area contributed by atoms with E-state index < -0.39 is 14.4 Å². The summed E-state index contributed by atoms with van der Waals surface area (Å²) in [7, 11) is -1.91. The van der Waals surface area contributed by atoms with Crippen LogP contribution in [0.2, 0.25) is 18.1 Å². The highest BCUT2D eigenvalue weighted by Crippen LogP contribution is 2.38. The lowest BCUT2D eigenvalue weighted by atomic mass is 10.1. The maximum atomic E-state index is 11.6. The Kier molecular flexibility index (Phi) is 5.37. The number of rotatable bonds is 4. The molecule has 6 heteroatoms. The molecule has 0 saturated carbocycles. The predicted octanol–water partition coefficient (Wildman–Crippen LogP) is 2.65. The van der Waals surface area contributed by atoms with Crippen molar-refractivity contribution in [1.29, 1.82) is 0 Å². The number of ether oxygens (including phenoxy) is 2.